The lowest BCUT2D eigenvalue weighted by molar-refractivity contribution is -0.148. The summed E-state index contributed by atoms with van der Waals surface area (Å²) in [6.45, 7) is 0.914. The van der Waals surface area contributed by atoms with E-state index in [-0.39, 0.29) is 6.04 Å². The highest BCUT2D eigenvalue weighted by atomic mass is 16.4. The predicted molar refractivity (Wildman–Crippen MR) is 51.5 cm³/mol. The Bertz CT molecular complexity index is 205. The van der Waals surface area contributed by atoms with E-state index in [0.29, 0.717) is 0 Å². The molecule has 15 heavy (non-hydrogen) atoms. The van der Waals surface area contributed by atoms with E-state index in [1.54, 1.807) is 25.9 Å². The van der Waals surface area contributed by atoms with Gasteiger partial charge < -0.3 is 20.4 Å². The first kappa shape index (κ1) is 16.3. The van der Waals surface area contributed by atoms with Gasteiger partial charge in [0.1, 0.15) is 6.04 Å². The van der Waals surface area contributed by atoms with Crippen LogP contribution >= 0.6 is 0 Å². The van der Waals surface area contributed by atoms with Gasteiger partial charge in [0.25, 0.3) is 0 Å². The fourth-order valence-corrected chi connectivity index (χ4v) is 0.299. The summed E-state index contributed by atoms with van der Waals surface area (Å²) in [7, 11) is 3.47. The number of nitrogens with zero attached hydrogens (tertiary/aromatic N) is 1. The van der Waals surface area contributed by atoms with Gasteiger partial charge in [-0.15, -0.1) is 0 Å². The van der Waals surface area contributed by atoms with Crippen LogP contribution in [0.3, 0.4) is 0 Å². The van der Waals surface area contributed by atoms with Crippen LogP contribution in [0.4, 0.5) is 0 Å². The van der Waals surface area contributed by atoms with Gasteiger partial charge in [-0.05, 0) is 21.0 Å². The standard InChI is InChI=1S/C5H11NO2.C3H6O4/c1-4(5(7)8)6(2)3;4-1-2(5)3(6)7/h4H,1-3H3,(H,7,8);2,4-5H,1H2,(H,6,7)/t;2-/m.1/s1. The first-order valence-electron chi connectivity index (χ1n) is 4.15. The number of carboxylic acid groups (broad SMARTS) is 2. The van der Waals surface area contributed by atoms with E-state index in [0.717, 1.165) is 0 Å². The lowest BCUT2D eigenvalue weighted by Crippen LogP contribution is -2.32. The largest absolute Gasteiger partial charge is 0.480 e. The molecule has 4 N–H and O–H groups in total. The maximum atomic E-state index is 10.1. The van der Waals surface area contributed by atoms with Gasteiger partial charge in [0.2, 0.25) is 0 Å². The van der Waals surface area contributed by atoms with Gasteiger partial charge in [0.15, 0.2) is 6.10 Å². The molecule has 1 unspecified atom stereocenters. The first-order valence-corrected chi connectivity index (χ1v) is 4.15. The van der Waals surface area contributed by atoms with Gasteiger partial charge in [0.05, 0.1) is 6.61 Å². The highest BCUT2D eigenvalue weighted by molar-refractivity contribution is 5.72. The smallest absolute Gasteiger partial charge is 0.334 e. The molecule has 0 amide bonds. The van der Waals surface area contributed by atoms with E-state index < -0.39 is 24.6 Å². The van der Waals surface area contributed by atoms with Gasteiger partial charge in [-0.2, -0.15) is 0 Å². The minimum absolute atomic E-state index is 0.380. The number of likely N-dealkylation sites (N-methyl/N-ethyl adjacent to an activating group) is 1. The molecule has 0 bridgehead atoms. The molecule has 7 nitrogen and oxygen atoms in total. The van der Waals surface area contributed by atoms with Crippen LogP contribution < -0.4 is 0 Å². The number of hydrogen-bond acceptors (Lipinski definition) is 5. The summed E-state index contributed by atoms with van der Waals surface area (Å²) >= 11 is 0. The van der Waals surface area contributed by atoms with Gasteiger partial charge in [0, 0.05) is 0 Å². The maximum Gasteiger partial charge on any atom is 0.334 e. The number of rotatable bonds is 4. The van der Waals surface area contributed by atoms with Gasteiger partial charge in [-0.1, -0.05) is 0 Å². The van der Waals surface area contributed by atoms with Crippen LogP contribution in [-0.4, -0.2) is 70.1 Å². The summed E-state index contributed by atoms with van der Waals surface area (Å²) < 4.78 is 0. The van der Waals surface area contributed by atoms with Crippen molar-refractivity contribution in [3.05, 3.63) is 0 Å². The summed E-state index contributed by atoms with van der Waals surface area (Å²) in [6.07, 6.45) is -1.63. The van der Waals surface area contributed by atoms with Gasteiger partial charge in [-0.25, -0.2) is 4.79 Å². The van der Waals surface area contributed by atoms with E-state index >= 15 is 0 Å². The van der Waals surface area contributed by atoms with Crippen LogP contribution in [-0.2, 0) is 9.59 Å². The third-order valence-electron chi connectivity index (χ3n) is 1.59. The Morgan fingerprint density at radius 2 is 1.60 bits per heavy atom. The van der Waals surface area contributed by atoms with Crippen molar-refractivity contribution in [3.8, 4) is 0 Å². The fraction of sp³-hybridized carbons (Fsp3) is 0.750. The lowest BCUT2D eigenvalue weighted by Gasteiger charge is -2.13. The van der Waals surface area contributed by atoms with Crippen LogP contribution in [0.1, 0.15) is 6.92 Å². The van der Waals surface area contributed by atoms with Crippen LogP contribution in [0.5, 0.6) is 0 Å². The zero-order chi connectivity index (χ0) is 12.6. The fourth-order valence-electron chi connectivity index (χ4n) is 0.299. The second-order valence-corrected chi connectivity index (χ2v) is 3.01. The Balaban J connectivity index is 0. The summed E-state index contributed by atoms with van der Waals surface area (Å²) in [6, 6.07) is -0.380. The Labute approximate surface area is 87.6 Å². The van der Waals surface area contributed by atoms with Crippen LogP contribution in [0.2, 0.25) is 0 Å². The molecule has 0 aromatic carbocycles. The molecule has 0 aromatic heterocycles. The average molecular weight is 223 g/mol. The summed E-state index contributed by atoms with van der Waals surface area (Å²) in [5, 5.41) is 32.0. The topological polar surface area (TPSA) is 118 Å². The molecule has 0 heterocycles. The summed E-state index contributed by atoms with van der Waals surface area (Å²) in [4.78, 5) is 21.3. The third-order valence-corrected chi connectivity index (χ3v) is 1.59. The van der Waals surface area contributed by atoms with Crippen LogP contribution in [0.25, 0.3) is 0 Å². The SMILES string of the molecule is CC(C(=O)O)N(C)C.O=C(O)[C@H](O)CO. The highest BCUT2D eigenvalue weighted by Gasteiger charge is 2.11. The van der Waals surface area contributed by atoms with E-state index in [9.17, 15) is 9.59 Å². The van der Waals surface area contributed by atoms with Crippen molar-refractivity contribution in [2.24, 2.45) is 0 Å². The van der Waals surface area contributed by atoms with Crippen molar-refractivity contribution < 1.29 is 30.0 Å². The molecule has 0 aliphatic rings. The zero-order valence-corrected chi connectivity index (χ0v) is 8.91. The lowest BCUT2D eigenvalue weighted by atomic mass is 10.3. The molecule has 0 aliphatic heterocycles. The second-order valence-electron chi connectivity index (χ2n) is 3.01. The third kappa shape index (κ3) is 9.13. The van der Waals surface area contributed by atoms with Crippen LogP contribution in [0, 0.1) is 0 Å². The Kier molecular flexibility index (Phi) is 8.84. The highest BCUT2D eigenvalue weighted by Crippen LogP contribution is 1.88. The molecule has 0 aromatic rings. The number of aliphatic carboxylic acids is 2. The van der Waals surface area contributed by atoms with Gasteiger partial charge >= 0.3 is 11.9 Å². The summed E-state index contributed by atoms with van der Waals surface area (Å²) in [5.41, 5.74) is 0. The predicted octanol–water partition coefficient (Wildman–Crippen LogP) is -1.55. The van der Waals surface area contributed by atoms with Crippen molar-refractivity contribution in [1.29, 1.82) is 0 Å². The van der Waals surface area contributed by atoms with E-state index in [1.165, 1.54) is 0 Å². The number of carbonyl (C=O) groups is 2. The molecular weight excluding hydrogens is 206 g/mol. The zero-order valence-electron chi connectivity index (χ0n) is 8.91. The quantitative estimate of drug-likeness (QED) is 0.455. The Morgan fingerprint density at radius 1 is 1.20 bits per heavy atom. The van der Waals surface area contributed by atoms with E-state index in [4.69, 9.17) is 20.4 Å². The molecule has 0 rings (SSSR count). The number of carboxylic acids is 2. The van der Waals surface area contributed by atoms with Crippen molar-refractivity contribution in [2.75, 3.05) is 20.7 Å². The minimum atomic E-state index is -1.63. The molecule has 0 fully saturated rings. The number of aliphatic hydroxyl groups is 2. The monoisotopic (exact) mass is 223 g/mol. The molecule has 7 heteroatoms. The molecule has 2 atom stereocenters. The Hall–Kier alpha value is -1.18. The van der Waals surface area contributed by atoms with E-state index in [2.05, 4.69) is 0 Å². The molecule has 90 valence electrons. The molecule has 0 radical (unpaired) electrons. The minimum Gasteiger partial charge on any atom is -0.480 e. The Morgan fingerprint density at radius 3 is 1.60 bits per heavy atom. The van der Waals surface area contributed by atoms with Crippen molar-refractivity contribution in [2.45, 2.75) is 19.1 Å². The molecule has 0 saturated heterocycles. The molecular formula is C8H17NO6. The van der Waals surface area contributed by atoms with Crippen LogP contribution in [0.15, 0.2) is 0 Å². The maximum absolute atomic E-state index is 10.1. The normalized spacial score (nSPS) is 13.7. The van der Waals surface area contributed by atoms with E-state index in [1.807, 2.05) is 0 Å². The number of hydrogen-bond donors (Lipinski definition) is 4. The second kappa shape index (κ2) is 8.16. The summed E-state index contributed by atoms with van der Waals surface area (Å²) in [5.74, 6) is -2.18. The molecule has 0 saturated carbocycles. The van der Waals surface area contributed by atoms with Crippen molar-refractivity contribution in [1.82, 2.24) is 4.90 Å². The van der Waals surface area contributed by atoms with Gasteiger partial charge in [-0.3, -0.25) is 9.69 Å². The van der Waals surface area contributed by atoms with Crippen molar-refractivity contribution >= 4 is 11.9 Å². The number of aliphatic hydroxyl groups excluding tert-OH is 2. The van der Waals surface area contributed by atoms with Crippen molar-refractivity contribution in [3.63, 3.8) is 0 Å². The first-order chi connectivity index (χ1) is 6.73. The molecule has 0 aliphatic carbocycles. The molecule has 0 spiro atoms. The average Bonchev–Trinajstić information content (AvgIpc) is 2.15.